The van der Waals surface area contributed by atoms with Crippen LogP contribution >= 0.6 is 0 Å². The third kappa shape index (κ3) is 6.38. The lowest BCUT2D eigenvalue weighted by Gasteiger charge is -2.43. The topological polar surface area (TPSA) is 217 Å². The number of urea groups is 1. The van der Waals surface area contributed by atoms with Gasteiger partial charge in [-0.05, 0) is 53.8 Å². The summed E-state index contributed by atoms with van der Waals surface area (Å²) < 4.78 is 0. The van der Waals surface area contributed by atoms with Crippen LogP contribution < -0.4 is 16.5 Å². The molecule has 1 heterocycles. The van der Waals surface area contributed by atoms with E-state index in [1.165, 1.54) is 49.5 Å². The van der Waals surface area contributed by atoms with E-state index in [1.807, 2.05) is 42.5 Å². The number of carboxylic acids is 2. The molecule has 6 N–H and O–H groups in total. The number of carbonyl (C=O) groups is 6. The van der Waals surface area contributed by atoms with Gasteiger partial charge in [0.1, 0.15) is 5.54 Å². The molecule has 1 aliphatic rings. The van der Waals surface area contributed by atoms with Crippen LogP contribution in [0.25, 0.3) is 11.1 Å². The predicted molar refractivity (Wildman–Crippen MR) is 190 cm³/mol. The molecule has 1 aliphatic heterocycles. The third-order valence-electron chi connectivity index (χ3n) is 9.06. The molecule has 0 radical (unpaired) electrons. The minimum atomic E-state index is -3.35. The number of nitrogens with two attached hydrogens (primary N) is 2. The molecule has 52 heavy (non-hydrogen) atoms. The number of nitrogens with zero attached hydrogens (tertiary/aromatic N) is 4. The molecule has 14 nitrogen and oxygen atoms in total. The van der Waals surface area contributed by atoms with Gasteiger partial charge in [0.25, 0.3) is 11.6 Å². The van der Waals surface area contributed by atoms with Crippen LogP contribution in [0.3, 0.4) is 0 Å². The van der Waals surface area contributed by atoms with Crippen molar-refractivity contribution in [1.82, 2.24) is 9.80 Å². The normalized spacial score (nSPS) is 17.5. The van der Waals surface area contributed by atoms with Crippen molar-refractivity contribution in [3.8, 4) is 11.1 Å². The fraction of sp³-hybridized carbons (Fsp3) is 0.184. The summed E-state index contributed by atoms with van der Waals surface area (Å²) >= 11 is 0. The molecule has 4 aromatic rings. The van der Waals surface area contributed by atoms with Crippen LogP contribution in [0.5, 0.6) is 0 Å². The lowest BCUT2D eigenvalue weighted by Crippen LogP contribution is -2.74. The second-order valence-electron chi connectivity index (χ2n) is 12.3. The SMILES string of the molecule is CC(=O)[C@@](C(=O)O)(N1C(=O)N(Cc2ccc(-c3ccccc3)cc2)[C@](C)(c2ccc(C=NN)cc2)C1=O)N(C(=O)[C@@H](N)CC(=O)O)c1ccccc1. The minimum absolute atomic E-state index is 0.228. The van der Waals surface area contributed by atoms with E-state index in [2.05, 4.69) is 5.10 Å². The van der Waals surface area contributed by atoms with Crippen molar-refractivity contribution < 1.29 is 39.0 Å². The zero-order valence-electron chi connectivity index (χ0n) is 28.2. The third-order valence-corrected chi connectivity index (χ3v) is 9.06. The van der Waals surface area contributed by atoms with Crippen LogP contribution in [0.2, 0.25) is 0 Å². The van der Waals surface area contributed by atoms with Crippen molar-refractivity contribution in [2.45, 2.75) is 44.1 Å². The monoisotopic (exact) mass is 704 g/mol. The number of amides is 4. The highest BCUT2D eigenvalue weighted by Crippen LogP contribution is 2.44. The van der Waals surface area contributed by atoms with E-state index < -0.39 is 59.2 Å². The molecule has 3 atom stereocenters. The lowest BCUT2D eigenvalue weighted by molar-refractivity contribution is -0.162. The van der Waals surface area contributed by atoms with Gasteiger partial charge < -0.3 is 26.7 Å². The van der Waals surface area contributed by atoms with E-state index in [4.69, 9.17) is 11.6 Å². The van der Waals surface area contributed by atoms with E-state index >= 15 is 0 Å². The number of hydrogen-bond donors (Lipinski definition) is 4. The maximum Gasteiger partial charge on any atom is 0.360 e. The van der Waals surface area contributed by atoms with E-state index in [9.17, 15) is 39.0 Å². The number of benzene rings is 4. The number of anilines is 1. The van der Waals surface area contributed by atoms with Gasteiger partial charge in [-0.15, -0.1) is 0 Å². The molecule has 0 aromatic heterocycles. The molecule has 4 amide bonds. The number of carbonyl (C=O) groups excluding carboxylic acids is 4. The lowest BCUT2D eigenvalue weighted by atomic mass is 9.88. The largest absolute Gasteiger partial charge is 0.481 e. The Hall–Kier alpha value is -6.67. The molecular weight excluding hydrogens is 668 g/mol. The number of hydrogen-bond acceptors (Lipinski definition) is 9. The van der Waals surface area contributed by atoms with Gasteiger partial charge >= 0.3 is 18.0 Å². The number of hydrazone groups is 1. The standard InChI is InChI=1S/C38H36N6O8/c1-24(45)38(35(50)51,43(30-11-7-4-8-12-30)33(48)31(39)21-32(46)47)44-34(49)37(2,29-19-15-25(16-20-29)22-41-40)42(36(44)52)23-26-13-17-28(18-14-26)27-9-5-3-6-10-27/h3-20,22,31H,21,23,39-40H2,1-2H3,(H,46,47)(H,50,51)/t31-,37+,38-/m0/s1. The Kier molecular flexibility index (Phi) is 10.3. The van der Waals surface area contributed by atoms with Gasteiger partial charge in [0, 0.05) is 12.2 Å². The Morgan fingerprint density at radius 1 is 0.865 bits per heavy atom. The highest BCUT2D eigenvalue weighted by molar-refractivity contribution is 6.24. The van der Waals surface area contributed by atoms with Crippen molar-refractivity contribution in [2.75, 3.05) is 4.90 Å². The molecule has 0 aliphatic carbocycles. The zero-order chi connectivity index (χ0) is 37.8. The molecule has 5 rings (SSSR count). The molecule has 0 spiro atoms. The first-order chi connectivity index (χ1) is 24.8. The van der Waals surface area contributed by atoms with Gasteiger partial charge in [-0.25, -0.2) is 14.5 Å². The minimum Gasteiger partial charge on any atom is -0.481 e. The zero-order valence-corrected chi connectivity index (χ0v) is 28.2. The number of para-hydroxylation sites is 1. The maximum atomic E-state index is 15.0. The van der Waals surface area contributed by atoms with Crippen LogP contribution in [-0.2, 0) is 36.1 Å². The quantitative estimate of drug-likeness (QED) is 0.0522. The fourth-order valence-electron chi connectivity index (χ4n) is 6.37. The van der Waals surface area contributed by atoms with Gasteiger partial charge in [-0.3, -0.25) is 24.1 Å². The molecule has 266 valence electrons. The van der Waals surface area contributed by atoms with Gasteiger partial charge in [-0.1, -0.05) is 97.1 Å². The Balaban J connectivity index is 1.72. The highest BCUT2D eigenvalue weighted by atomic mass is 16.4. The van der Waals surface area contributed by atoms with Crippen LogP contribution in [-0.4, -0.2) is 73.5 Å². The number of ketones is 1. The van der Waals surface area contributed by atoms with E-state index in [0.29, 0.717) is 16.0 Å². The van der Waals surface area contributed by atoms with Crippen molar-refractivity contribution in [1.29, 1.82) is 0 Å². The van der Waals surface area contributed by atoms with E-state index in [0.717, 1.165) is 23.0 Å². The molecule has 0 unspecified atom stereocenters. The van der Waals surface area contributed by atoms with Gasteiger partial charge in [0.15, 0.2) is 5.78 Å². The Labute approximate surface area is 298 Å². The number of aliphatic carboxylic acids is 2. The smallest absolute Gasteiger partial charge is 0.360 e. The first-order valence-corrected chi connectivity index (χ1v) is 16.0. The van der Waals surface area contributed by atoms with Gasteiger partial charge in [0.05, 0.1) is 18.7 Å². The second kappa shape index (κ2) is 14.7. The molecule has 1 fully saturated rings. The van der Waals surface area contributed by atoms with Crippen LogP contribution in [0.1, 0.15) is 37.0 Å². The Morgan fingerprint density at radius 2 is 1.42 bits per heavy atom. The average Bonchev–Trinajstić information content (AvgIpc) is 3.31. The van der Waals surface area contributed by atoms with Gasteiger partial charge in [-0.2, -0.15) is 5.10 Å². The summed E-state index contributed by atoms with van der Waals surface area (Å²) in [6.45, 7) is 2.00. The van der Waals surface area contributed by atoms with Crippen LogP contribution in [0.15, 0.2) is 114 Å². The number of carboxylic acid groups (broad SMARTS) is 2. The fourth-order valence-corrected chi connectivity index (χ4v) is 6.37. The summed E-state index contributed by atoms with van der Waals surface area (Å²) in [5.41, 5.74) is 3.66. The van der Waals surface area contributed by atoms with Crippen LogP contribution in [0, 0.1) is 0 Å². The van der Waals surface area contributed by atoms with Gasteiger partial charge in [0.2, 0.25) is 5.91 Å². The summed E-state index contributed by atoms with van der Waals surface area (Å²) in [4.78, 5) is 84.9. The first kappa shape index (κ1) is 36.6. The summed E-state index contributed by atoms with van der Waals surface area (Å²) in [6, 6.07) is 26.9. The predicted octanol–water partition coefficient (Wildman–Crippen LogP) is 3.53. The first-order valence-electron chi connectivity index (χ1n) is 16.0. The Bertz CT molecular complexity index is 2020. The number of imide groups is 1. The number of rotatable bonds is 13. The van der Waals surface area contributed by atoms with Crippen LogP contribution in [0.4, 0.5) is 10.5 Å². The summed E-state index contributed by atoms with van der Waals surface area (Å²) in [5, 5.41) is 24.0. The molecule has 1 saturated heterocycles. The molecule has 14 heteroatoms. The summed E-state index contributed by atoms with van der Waals surface area (Å²) in [6.07, 6.45) is 0.417. The van der Waals surface area contributed by atoms with Crippen molar-refractivity contribution in [3.05, 3.63) is 126 Å². The van der Waals surface area contributed by atoms with E-state index in [-0.39, 0.29) is 22.7 Å². The van der Waals surface area contributed by atoms with E-state index in [1.54, 1.807) is 30.3 Å². The second-order valence-corrected chi connectivity index (χ2v) is 12.3. The molecular formula is C38H36N6O8. The van der Waals surface area contributed by atoms with Crippen molar-refractivity contribution in [2.24, 2.45) is 16.7 Å². The Morgan fingerprint density at radius 3 is 1.94 bits per heavy atom. The molecule has 0 saturated carbocycles. The molecule has 4 aromatic carbocycles. The van der Waals surface area contributed by atoms with Crippen molar-refractivity contribution in [3.63, 3.8) is 0 Å². The summed E-state index contributed by atoms with van der Waals surface area (Å²) in [5.74, 6) is -1.99. The molecule has 0 bridgehead atoms. The number of Topliss-reactive ketones (excluding diaryl/α,β-unsaturated/α-hetero) is 1. The maximum absolute atomic E-state index is 15.0. The average molecular weight is 705 g/mol. The van der Waals surface area contributed by atoms with Crippen molar-refractivity contribution >= 4 is 47.5 Å². The highest BCUT2D eigenvalue weighted by Gasteiger charge is 2.69. The summed E-state index contributed by atoms with van der Waals surface area (Å²) in [7, 11) is 0.